The first-order chi connectivity index (χ1) is 18.1. The van der Waals surface area contributed by atoms with E-state index in [0.717, 1.165) is 36.1 Å². The van der Waals surface area contributed by atoms with Gasteiger partial charge in [-0.1, -0.05) is 44.2 Å². The number of aliphatic hydroxyl groups excluding tert-OH is 1. The van der Waals surface area contributed by atoms with Crippen molar-refractivity contribution in [3.63, 3.8) is 0 Å². The number of carbonyl (C=O) groups is 1. The molecule has 202 valence electrons. The summed E-state index contributed by atoms with van der Waals surface area (Å²) in [6, 6.07) is 17.7. The normalized spacial score (nSPS) is 18.1. The van der Waals surface area contributed by atoms with Gasteiger partial charge in [-0.25, -0.2) is 4.39 Å². The summed E-state index contributed by atoms with van der Waals surface area (Å²) < 4.78 is 26.6. The lowest BCUT2D eigenvalue weighted by Crippen LogP contribution is -2.41. The van der Waals surface area contributed by atoms with Gasteiger partial charge in [0.05, 0.1) is 19.6 Å². The van der Waals surface area contributed by atoms with Crippen molar-refractivity contribution in [1.29, 1.82) is 0 Å². The first-order valence-corrected chi connectivity index (χ1v) is 12.9. The number of piperidine rings is 1. The Morgan fingerprint density at radius 3 is 2.61 bits per heavy atom. The molecule has 2 N–H and O–H groups in total. The average molecular weight is 522 g/mol. The number of aliphatic carboxylic acids is 1. The fourth-order valence-corrected chi connectivity index (χ4v) is 5.58. The number of carboxylic acid groups (broad SMARTS) is 1. The van der Waals surface area contributed by atoms with Gasteiger partial charge >= 0.3 is 5.97 Å². The summed E-state index contributed by atoms with van der Waals surface area (Å²) in [5, 5.41) is 19.2. The van der Waals surface area contributed by atoms with Gasteiger partial charge in [-0.3, -0.25) is 9.69 Å². The van der Waals surface area contributed by atoms with Gasteiger partial charge in [0.1, 0.15) is 23.9 Å². The quantitative estimate of drug-likeness (QED) is 0.340. The molecule has 0 bridgehead atoms. The van der Waals surface area contributed by atoms with Crippen molar-refractivity contribution >= 4 is 5.97 Å². The Bertz CT molecular complexity index is 1290. The smallest absolute Gasteiger partial charge is 0.306 e. The molecule has 0 spiro atoms. The Hall–Kier alpha value is -3.42. The lowest BCUT2D eigenvalue weighted by atomic mass is 9.72. The summed E-state index contributed by atoms with van der Waals surface area (Å²) in [7, 11) is 3.69. The summed E-state index contributed by atoms with van der Waals surface area (Å²) in [5.41, 5.74) is 3.76. The average Bonchev–Trinajstić information content (AvgIpc) is 2.87. The van der Waals surface area contributed by atoms with E-state index in [1.807, 2.05) is 12.1 Å². The van der Waals surface area contributed by atoms with Gasteiger partial charge in [0.2, 0.25) is 0 Å². The minimum Gasteiger partial charge on any atom is -0.497 e. The maximum absolute atomic E-state index is 15.1. The zero-order valence-electron chi connectivity index (χ0n) is 22.4. The molecule has 2 atom stereocenters. The topological polar surface area (TPSA) is 79.2 Å². The van der Waals surface area contributed by atoms with Crippen LogP contribution in [0.3, 0.4) is 0 Å². The molecule has 1 fully saturated rings. The fraction of sp³-hybridized carbons (Fsp3) is 0.387. The molecule has 1 heterocycles. The molecular weight excluding hydrogens is 485 g/mol. The van der Waals surface area contributed by atoms with Gasteiger partial charge in [0.15, 0.2) is 0 Å². The van der Waals surface area contributed by atoms with E-state index in [4.69, 9.17) is 14.6 Å². The Morgan fingerprint density at radius 1 is 1.11 bits per heavy atom. The van der Waals surface area contributed by atoms with Crippen LogP contribution in [0, 0.1) is 11.2 Å². The molecule has 0 aromatic heterocycles. The van der Waals surface area contributed by atoms with Gasteiger partial charge in [-0.2, -0.15) is 0 Å². The van der Waals surface area contributed by atoms with E-state index in [2.05, 4.69) is 31.9 Å². The van der Waals surface area contributed by atoms with Gasteiger partial charge in [-0.05, 0) is 84.4 Å². The lowest BCUT2D eigenvalue weighted by Gasteiger charge is -2.46. The number of carboxylic acids is 1. The summed E-state index contributed by atoms with van der Waals surface area (Å²) in [4.78, 5) is 13.3. The first-order valence-electron chi connectivity index (χ1n) is 12.9. The summed E-state index contributed by atoms with van der Waals surface area (Å²) in [5.74, 6) is -0.240. The zero-order chi connectivity index (χ0) is 27.4. The monoisotopic (exact) mass is 521 g/mol. The van der Waals surface area contributed by atoms with Crippen molar-refractivity contribution < 1.29 is 28.9 Å². The maximum Gasteiger partial charge on any atom is 0.306 e. The number of benzene rings is 3. The second kappa shape index (κ2) is 11.5. The van der Waals surface area contributed by atoms with E-state index in [9.17, 15) is 9.90 Å². The molecule has 1 aliphatic heterocycles. The largest absolute Gasteiger partial charge is 0.497 e. The number of methoxy groups -OCH3 is 1. The van der Waals surface area contributed by atoms with Crippen molar-refractivity contribution in [1.82, 2.24) is 4.90 Å². The van der Waals surface area contributed by atoms with E-state index < -0.39 is 12.1 Å². The van der Waals surface area contributed by atoms with Crippen LogP contribution in [-0.4, -0.2) is 41.8 Å². The number of hydrogen-bond donors (Lipinski definition) is 2. The van der Waals surface area contributed by atoms with Crippen LogP contribution in [0.4, 0.5) is 4.39 Å². The molecule has 1 aliphatic rings. The molecule has 3 aromatic carbocycles. The highest BCUT2D eigenvalue weighted by molar-refractivity contribution is 5.71. The van der Waals surface area contributed by atoms with Crippen LogP contribution in [-0.2, 0) is 11.4 Å². The molecule has 6 nitrogen and oxygen atoms in total. The highest BCUT2D eigenvalue weighted by Gasteiger charge is 2.38. The Labute approximate surface area is 223 Å². The predicted molar refractivity (Wildman–Crippen MR) is 145 cm³/mol. The molecule has 1 unspecified atom stereocenters. The number of nitrogens with zero attached hydrogens (tertiary/aromatic N) is 1. The summed E-state index contributed by atoms with van der Waals surface area (Å²) in [6.45, 7) is 5.75. The van der Waals surface area contributed by atoms with Crippen molar-refractivity contribution in [2.45, 2.75) is 51.9 Å². The van der Waals surface area contributed by atoms with Gasteiger partial charge in [0, 0.05) is 11.6 Å². The van der Waals surface area contributed by atoms with E-state index in [-0.39, 0.29) is 30.3 Å². The van der Waals surface area contributed by atoms with Crippen LogP contribution in [0.15, 0.2) is 60.7 Å². The van der Waals surface area contributed by atoms with E-state index >= 15 is 4.39 Å². The second-order valence-corrected chi connectivity index (χ2v) is 10.7. The third-order valence-corrected chi connectivity index (χ3v) is 7.40. The molecule has 1 saturated heterocycles. The minimum atomic E-state index is -1.11. The highest BCUT2D eigenvalue weighted by atomic mass is 19.1. The number of aliphatic hydroxyl groups is 1. The van der Waals surface area contributed by atoms with E-state index in [1.54, 1.807) is 43.5 Å². The molecule has 0 radical (unpaired) electrons. The van der Waals surface area contributed by atoms with Crippen LogP contribution in [0.1, 0.15) is 61.9 Å². The van der Waals surface area contributed by atoms with Crippen LogP contribution in [0.2, 0.25) is 0 Å². The molecular formula is C31H36FNO5. The summed E-state index contributed by atoms with van der Waals surface area (Å²) in [6.07, 6.45) is 0.688. The zero-order valence-corrected chi connectivity index (χ0v) is 22.4. The van der Waals surface area contributed by atoms with Gasteiger partial charge in [0.25, 0.3) is 0 Å². The van der Waals surface area contributed by atoms with Crippen LogP contribution in [0.25, 0.3) is 11.1 Å². The van der Waals surface area contributed by atoms with Crippen LogP contribution in [0.5, 0.6) is 11.5 Å². The number of hydrogen-bond acceptors (Lipinski definition) is 5. The molecule has 0 amide bonds. The fourth-order valence-electron chi connectivity index (χ4n) is 5.58. The molecule has 4 rings (SSSR count). The van der Waals surface area contributed by atoms with Crippen molar-refractivity contribution in [2.75, 3.05) is 20.7 Å². The predicted octanol–water partition coefficient (Wildman–Crippen LogP) is 6.38. The van der Waals surface area contributed by atoms with Gasteiger partial charge in [-0.15, -0.1) is 0 Å². The SMILES string of the molecule is COc1ccc(F)c(-c2ccc(COc3cccc([C@H](O)CC(=O)O)c3)cc2C2N(C)CCCC2(C)C)c1. The molecule has 38 heavy (non-hydrogen) atoms. The Morgan fingerprint density at radius 2 is 1.89 bits per heavy atom. The van der Waals surface area contributed by atoms with Crippen LogP contribution < -0.4 is 9.47 Å². The third-order valence-electron chi connectivity index (χ3n) is 7.40. The van der Waals surface area contributed by atoms with Gasteiger partial charge < -0.3 is 19.7 Å². The maximum atomic E-state index is 15.1. The number of rotatable bonds is 9. The van der Waals surface area contributed by atoms with Crippen LogP contribution >= 0.6 is 0 Å². The Balaban J connectivity index is 1.69. The number of ether oxygens (including phenoxy) is 2. The lowest BCUT2D eigenvalue weighted by molar-refractivity contribution is -0.139. The molecule has 0 aliphatic carbocycles. The van der Waals surface area contributed by atoms with Crippen molar-refractivity contribution in [3.8, 4) is 22.6 Å². The Kier molecular flexibility index (Phi) is 8.38. The van der Waals surface area contributed by atoms with Crippen molar-refractivity contribution in [3.05, 3.63) is 83.2 Å². The highest BCUT2D eigenvalue weighted by Crippen LogP contribution is 2.48. The van der Waals surface area contributed by atoms with Crippen molar-refractivity contribution in [2.24, 2.45) is 5.41 Å². The minimum absolute atomic E-state index is 0.0226. The second-order valence-electron chi connectivity index (χ2n) is 10.7. The number of likely N-dealkylation sites (tertiary alicyclic amines) is 1. The van der Waals surface area contributed by atoms with E-state index in [0.29, 0.717) is 22.6 Å². The number of halogens is 1. The third kappa shape index (κ3) is 6.17. The standard InChI is InChI=1S/C31H36FNO5/c1-31(2)13-6-14-33(3)30(31)26-15-20(9-11-24(26)25-17-22(37-4)10-12-27(25)32)19-38-23-8-5-7-21(16-23)28(34)18-29(35)36/h5,7-12,15-17,28,30,34H,6,13-14,18-19H2,1-4H3,(H,35,36)/t28-,30?/m1/s1. The van der Waals surface area contributed by atoms with E-state index in [1.165, 1.54) is 6.07 Å². The molecule has 0 saturated carbocycles. The molecule has 7 heteroatoms. The first kappa shape index (κ1) is 27.6. The summed E-state index contributed by atoms with van der Waals surface area (Å²) >= 11 is 0. The molecule has 3 aromatic rings.